The molecule has 0 spiro atoms. The second-order valence-corrected chi connectivity index (χ2v) is 3.34. The van der Waals surface area contributed by atoms with Gasteiger partial charge in [0.05, 0.1) is 17.3 Å². The average Bonchev–Trinajstić information content (AvgIpc) is 2.71. The van der Waals surface area contributed by atoms with Crippen LogP contribution in [0.2, 0.25) is 5.02 Å². The van der Waals surface area contributed by atoms with Crippen LogP contribution in [0.15, 0.2) is 30.9 Å². The summed E-state index contributed by atoms with van der Waals surface area (Å²) in [5.41, 5.74) is 1.68. The predicted octanol–water partition coefficient (Wildman–Crippen LogP) is 1.31. The maximum Gasteiger partial charge on any atom is 0.138 e. The Balaban J connectivity index is 2.35. The van der Waals surface area contributed by atoms with Gasteiger partial charge < -0.3 is 0 Å². The van der Waals surface area contributed by atoms with Gasteiger partial charge in [0.2, 0.25) is 0 Å². The minimum atomic E-state index is 0.331. The smallest absolute Gasteiger partial charge is 0.138 e. The van der Waals surface area contributed by atoms with Gasteiger partial charge in [0.1, 0.15) is 12.7 Å². The van der Waals surface area contributed by atoms with Gasteiger partial charge in [-0.15, -0.1) is 0 Å². The third kappa shape index (κ3) is 2.15. The zero-order chi connectivity index (χ0) is 10.7. The summed E-state index contributed by atoms with van der Waals surface area (Å²) in [5.74, 6) is 4.97. The molecule has 0 saturated heterocycles. The van der Waals surface area contributed by atoms with Crippen molar-refractivity contribution < 1.29 is 4.84 Å². The van der Waals surface area contributed by atoms with E-state index in [1.807, 2.05) is 12.1 Å². The van der Waals surface area contributed by atoms with Crippen molar-refractivity contribution in [2.45, 2.75) is 6.61 Å². The largest absolute Gasteiger partial charge is 0.300 e. The van der Waals surface area contributed by atoms with Gasteiger partial charge in [-0.25, -0.2) is 15.6 Å². The first-order valence-corrected chi connectivity index (χ1v) is 4.64. The van der Waals surface area contributed by atoms with Crippen LogP contribution in [0.25, 0.3) is 5.69 Å². The molecular weight excluding hydrogens is 216 g/mol. The molecule has 0 aliphatic carbocycles. The summed E-state index contributed by atoms with van der Waals surface area (Å²) in [6.45, 7) is 0.331. The Kier molecular flexibility index (Phi) is 2.96. The van der Waals surface area contributed by atoms with Crippen molar-refractivity contribution in [3.63, 3.8) is 0 Å². The molecule has 2 aromatic rings. The van der Waals surface area contributed by atoms with Gasteiger partial charge in [-0.05, 0) is 17.7 Å². The van der Waals surface area contributed by atoms with Crippen molar-refractivity contribution in [1.82, 2.24) is 14.8 Å². The first-order chi connectivity index (χ1) is 7.31. The topological polar surface area (TPSA) is 66.0 Å². The SMILES string of the molecule is NOCc1ccc(-n2cncn2)c(Cl)c1. The molecule has 0 saturated carbocycles. The van der Waals surface area contributed by atoms with Crippen LogP contribution in [-0.4, -0.2) is 14.8 Å². The Hall–Kier alpha value is -1.43. The number of benzene rings is 1. The van der Waals surface area contributed by atoms with E-state index in [0.29, 0.717) is 11.6 Å². The Morgan fingerprint density at radius 2 is 2.33 bits per heavy atom. The second-order valence-electron chi connectivity index (χ2n) is 2.94. The molecule has 0 amide bonds. The maximum absolute atomic E-state index is 6.07. The van der Waals surface area contributed by atoms with Crippen LogP contribution in [0.4, 0.5) is 0 Å². The molecule has 1 heterocycles. The highest BCUT2D eigenvalue weighted by Gasteiger charge is 2.04. The van der Waals surface area contributed by atoms with Crippen molar-refractivity contribution in [3.05, 3.63) is 41.4 Å². The van der Waals surface area contributed by atoms with Crippen molar-refractivity contribution >= 4 is 11.6 Å². The molecular formula is C9H9ClN4O. The van der Waals surface area contributed by atoms with E-state index in [4.69, 9.17) is 17.5 Å². The van der Waals surface area contributed by atoms with Gasteiger partial charge in [-0.3, -0.25) is 4.84 Å². The van der Waals surface area contributed by atoms with E-state index in [9.17, 15) is 0 Å². The molecule has 0 fully saturated rings. The second kappa shape index (κ2) is 4.39. The normalized spacial score (nSPS) is 10.5. The highest BCUT2D eigenvalue weighted by molar-refractivity contribution is 6.32. The van der Waals surface area contributed by atoms with Crippen LogP contribution < -0.4 is 5.90 Å². The van der Waals surface area contributed by atoms with Gasteiger partial charge in [0.25, 0.3) is 0 Å². The van der Waals surface area contributed by atoms with Crippen molar-refractivity contribution in [3.8, 4) is 5.69 Å². The van der Waals surface area contributed by atoms with Gasteiger partial charge in [0, 0.05) is 0 Å². The Bertz CT molecular complexity index is 443. The number of nitrogens with zero attached hydrogens (tertiary/aromatic N) is 3. The van der Waals surface area contributed by atoms with Crippen LogP contribution in [0.3, 0.4) is 0 Å². The fourth-order valence-corrected chi connectivity index (χ4v) is 1.54. The van der Waals surface area contributed by atoms with Crippen LogP contribution in [-0.2, 0) is 11.4 Å². The first kappa shape index (κ1) is 10.1. The van der Waals surface area contributed by atoms with E-state index in [1.54, 1.807) is 17.1 Å². The Labute approximate surface area is 91.4 Å². The minimum absolute atomic E-state index is 0.331. The summed E-state index contributed by atoms with van der Waals surface area (Å²) < 4.78 is 1.59. The lowest BCUT2D eigenvalue weighted by Gasteiger charge is -2.05. The summed E-state index contributed by atoms with van der Waals surface area (Å²) in [4.78, 5) is 8.37. The molecule has 0 atom stereocenters. The molecule has 78 valence electrons. The minimum Gasteiger partial charge on any atom is -0.300 e. The van der Waals surface area contributed by atoms with Gasteiger partial charge in [-0.1, -0.05) is 17.7 Å². The predicted molar refractivity (Wildman–Crippen MR) is 55.3 cm³/mol. The number of nitrogens with two attached hydrogens (primary N) is 1. The molecule has 1 aromatic heterocycles. The van der Waals surface area contributed by atoms with Crippen molar-refractivity contribution in [2.75, 3.05) is 0 Å². The van der Waals surface area contributed by atoms with Crippen LogP contribution >= 0.6 is 11.6 Å². The molecule has 5 nitrogen and oxygen atoms in total. The van der Waals surface area contributed by atoms with E-state index < -0.39 is 0 Å². The fraction of sp³-hybridized carbons (Fsp3) is 0.111. The van der Waals surface area contributed by atoms with Crippen molar-refractivity contribution in [2.24, 2.45) is 5.90 Å². The summed E-state index contributed by atoms with van der Waals surface area (Å²) >= 11 is 6.07. The van der Waals surface area contributed by atoms with Gasteiger partial charge >= 0.3 is 0 Å². The number of rotatable bonds is 3. The quantitative estimate of drug-likeness (QED) is 0.799. The lowest BCUT2D eigenvalue weighted by molar-refractivity contribution is 0.124. The highest BCUT2D eigenvalue weighted by atomic mass is 35.5. The molecule has 0 radical (unpaired) electrons. The highest BCUT2D eigenvalue weighted by Crippen LogP contribution is 2.21. The monoisotopic (exact) mass is 224 g/mol. The molecule has 6 heteroatoms. The van der Waals surface area contributed by atoms with E-state index in [1.165, 1.54) is 6.33 Å². The van der Waals surface area contributed by atoms with E-state index in [0.717, 1.165) is 11.3 Å². The molecule has 2 rings (SSSR count). The van der Waals surface area contributed by atoms with Crippen LogP contribution in [0, 0.1) is 0 Å². The molecule has 15 heavy (non-hydrogen) atoms. The standard InChI is InChI=1S/C9H9ClN4O/c10-8-3-7(4-15-11)1-2-9(8)14-6-12-5-13-14/h1-3,5-6H,4,11H2. The van der Waals surface area contributed by atoms with Gasteiger partial charge in [-0.2, -0.15) is 5.10 Å². The van der Waals surface area contributed by atoms with Crippen LogP contribution in [0.5, 0.6) is 0 Å². The van der Waals surface area contributed by atoms with Crippen LogP contribution in [0.1, 0.15) is 5.56 Å². The molecule has 0 unspecified atom stereocenters. The Morgan fingerprint density at radius 3 is 2.93 bits per heavy atom. The molecule has 0 bridgehead atoms. The summed E-state index contributed by atoms with van der Waals surface area (Å²) in [6, 6.07) is 5.49. The molecule has 0 aliphatic heterocycles. The van der Waals surface area contributed by atoms with E-state index in [2.05, 4.69) is 14.9 Å². The number of halogens is 1. The third-order valence-corrected chi connectivity index (χ3v) is 2.23. The van der Waals surface area contributed by atoms with E-state index in [-0.39, 0.29) is 0 Å². The maximum atomic E-state index is 6.07. The summed E-state index contributed by atoms with van der Waals surface area (Å²) in [6.07, 6.45) is 3.04. The Morgan fingerprint density at radius 1 is 1.47 bits per heavy atom. The molecule has 2 N–H and O–H groups in total. The molecule has 0 aliphatic rings. The number of hydrogen-bond donors (Lipinski definition) is 1. The lowest BCUT2D eigenvalue weighted by atomic mass is 10.2. The first-order valence-electron chi connectivity index (χ1n) is 4.26. The van der Waals surface area contributed by atoms with Gasteiger partial charge in [0.15, 0.2) is 0 Å². The fourth-order valence-electron chi connectivity index (χ4n) is 1.25. The average molecular weight is 225 g/mol. The van der Waals surface area contributed by atoms with Crippen molar-refractivity contribution in [1.29, 1.82) is 0 Å². The zero-order valence-corrected chi connectivity index (χ0v) is 8.55. The number of aromatic nitrogens is 3. The molecule has 1 aromatic carbocycles. The van der Waals surface area contributed by atoms with E-state index >= 15 is 0 Å². The summed E-state index contributed by atoms with van der Waals surface area (Å²) in [7, 11) is 0. The third-order valence-electron chi connectivity index (χ3n) is 1.93. The number of hydrogen-bond acceptors (Lipinski definition) is 4. The zero-order valence-electron chi connectivity index (χ0n) is 7.80. The lowest BCUT2D eigenvalue weighted by Crippen LogP contribution is -2.00. The summed E-state index contributed by atoms with van der Waals surface area (Å²) in [5, 5.41) is 4.57.